The molecule has 0 saturated carbocycles. The van der Waals surface area contributed by atoms with Crippen molar-refractivity contribution in [1.82, 2.24) is 5.32 Å². The first-order chi connectivity index (χ1) is 6.72. The van der Waals surface area contributed by atoms with E-state index in [0.717, 1.165) is 19.1 Å². The normalized spacial score (nSPS) is 27.4. The highest BCUT2D eigenvalue weighted by molar-refractivity contribution is 4.82. The zero-order valence-electron chi connectivity index (χ0n) is 9.88. The van der Waals surface area contributed by atoms with Gasteiger partial charge in [0.1, 0.15) is 0 Å². The van der Waals surface area contributed by atoms with Crippen molar-refractivity contribution in [3.63, 3.8) is 0 Å². The topological polar surface area (TPSA) is 21.3 Å². The molecule has 84 valence electrons. The summed E-state index contributed by atoms with van der Waals surface area (Å²) in [5.74, 6) is 0.793. The lowest BCUT2D eigenvalue weighted by molar-refractivity contribution is 0.0630. The van der Waals surface area contributed by atoms with Crippen molar-refractivity contribution in [3.8, 4) is 0 Å². The Kier molecular flexibility index (Phi) is 5.49. The SMILES string of the molecule is CCCCO[C@H]1CN[C@@H](CC(C)C)C1. The minimum Gasteiger partial charge on any atom is -0.377 e. The van der Waals surface area contributed by atoms with Gasteiger partial charge in [-0.25, -0.2) is 0 Å². The Morgan fingerprint density at radius 1 is 1.43 bits per heavy atom. The van der Waals surface area contributed by atoms with Crippen LogP contribution in [-0.2, 0) is 4.74 Å². The molecule has 2 atom stereocenters. The van der Waals surface area contributed by atoms with Gasteiger partial charge in [0, 0.05) is 19.2 Å². The predicted octanol–water partition coefficient (Wildman–Crippen LogP) is 2.58. The molecule has 0 spiro atoms. The van der Waals surface area contributed by atoms with Crippen molar-refractivity contribution in [3.05, 3.63) is 0 Å². The molecule has 0 aromatic rings. The average molecular weight is 199 g/mol. The maximum absolute atomic E-state index is 5.79. The molecule has 1 N–H and O–H groups in total. The zero-order chi connectivity index (χ0) is 10.4. The van der Waals surface area contributed by atoms with Crippen LogP contribution in [0.15, 0.2) is 0 Å². The molecule has 0 bridgehead atoms. The van der Waals surface area contributed by atoms with Crippen LogP contribution in [0, 0.1) is 5.92 Å². The summed E-state index contributed by atoms with van der Waals surface area (Å²) in [6.45, 7) is 8.77. The molecular weight excluding hydrogens is 174 g/mol. The average Bonchev–Trinajstić information content (AvgIpc) is 2.52. The van der Waals surface area contributed by atoms with Crippen LogP contribution >= 0.6 is 0 Å². The molecule has 0 amide bonds. The van der Waals surface area contributed by atoms with Crippen molar-refractivity contribution in [2.75, 3.05) is 13.2 Å². The molecule has 14 heavy (non-hydrogen) atoms. The van der Waals surface area contributed by atoms with E-state index >= 15 is 0 Å². The second kappa shape index (κ2) is 6.41. The summed E-state index contributed by atoms with van der Waals surface area (Å²) in [5.41, 5.74) is 0. The minimum atomic E-state index is 0.477. The number of hydrogen-bond acceptors (Lipinski definition) is 2. The van der Waals surface area contributed by atoms with E-state index in [4.69, 9.17) is 4.74 Å². The molecule has 1 heterocycles. The van der Waals surface area contributed by atoms with Gasteiger partial charge in [0.05, 0.1) is 6.10 Å². The van der Waals surface area contributed by atoms with Crippen LogP contribution in [0.2, 0.25) is 0 Å². The fourth-order valence-corrected chi connectivity index (χ4v) is 2.05. The lowest BCUT2D eigenvalue weighted by Crippen LogP contribution is -2.23. The third kappa shape index (κ3) is 4.43. The van der Waals surface area contributed by atoms with Gasteiger partial charge < -0.3 is 10.1 Å². The Morgan fingerprint density at radius 2 is 2.21 bits per heavy atom. The highest BCUT2D eigenvalue weighted by Gasteiger charge is 2.24. The summed E-state index contributed by atoms with van der Waals surface area (Å²) < 4.78 is 5.79. The van der Waals surface area contributed by atoms with Crippen LogP contribution in [0.4, 0.5) is 0 Å². The number of unbranched alkanes of at least 4 members (excludes halogenated alkanes) is 1. The second-order valence-corrected chi connectivity index (χ2v) is 4.82. The molecule has 2 heteroatoms. The van der Waals surface area contributed by atoms with Gasteiger partial charge in [-0.3, -0.25) is 0 Å². The van der Waals surface area contributed by atoms with E-state index in [1.165, 1.54) is 25.7 Å². The highest BCUT2D eigenvalue weighted by atomic mass is 16.5. The molecule has 0 aromatic heterocycles. The molecule has 0 aliphatic carbocycles. The fourth-order valence-electron chi connectivity index (χ4n) is 2.05. The Labute approximate surface area is 88.4 Å². The predicted molar refractivity (Wildman–Crippen MR) is 60.5 cm³/mol. The summed E-state index contributed by atoms with van der Waals surface area (Å²) in [4.78, 5) is 0. The van der Waals surface area contributed by atoms with E-state index in [1.54, 1.807) is 0 Å². The molecule has 2 nitrogen and oxygen atoms in total. The van der Waals surface area contributed by atoms with E-state index in [9.17, 15) is 0 Å². The smallest absolute Gasteiger partial charge is 0.0714 e. The van der Waals surface area contributed by atoms with Gasteiger partial charge in [-0.2, -0.15) is 0 Å². The van der Waals surface area contributed by atoms with Crippen LogP contribution in [0.25, 0.3) is 0 Å². The van der Waals surface area contributed by atoms with E-state index < -0.39 is 0 Å². The first-order valence-electron chi connectivity index (χ1n) is 6.07. The molecule has 1 aliphatic rings. The van der Waals surface area contributed by atoms with E-state index in [-0.39, 0.29) is 0 Å². The number of rotatable bonds is 6. The fraction of sp³-hybridized carbons (Fsp3) is 1.00. The van der Waals surface area contributed by atoms with Crippen LogP contribution in [-0.4, -0.2) is 25.3 Å². The molecule has 0 aromatic carbocycles. The molecule has 0 unspecified atom stereocenters. The number of nitrogens with one attached hydrogen (secondary N) is 1. The first kappa shape index (κ1) is 12.0. The van der Waals surface area contributed by atoms with Gasteiger partial charge >= 0.3 is 0 Å². The minimum absolute atomic E-state index is 0.477. The third-order valence-corrected chi connectivity index (χ3v) is 2.79. The van der Waals surface area contributed by atoms with Crippen molar-refractivity contribution in [2.45, 2.75) is 58.6 Å². The Morgan fingerprint density at radius 3 is 2.86 bits per heavy atom. The molecule has 1 saturated heterocycles. The van der Waals surface area contributed by atoms with Gasteiger partial charge in [0.15, 0.2) is 0 Å². The Hall–Kier alpha value is -0.0800. The molecule has 1 aliphatic heterocycles. The van der Waals surface area contributed by atoms with Crippen molar-refractivity contribution in [2.24, 2.45) is 5.92 Å². The van der Waals surface area contributed by atoms with E-state index in [2.05, 4.69) is 26.1 Å². The van der Waals surface area contributed by atoms with Crippen LogP contribution in [0.5, 0.6) is 0 Å². The van der Waals surface area contributed by atoms with Gasteiger partial charge in [0.25, 0.3) is 0 Å². The van der Waals surface area contributed by atoms with Crippen LogP contribution in [0.1, 0.15) is 46.5 Å². The quantitative estimate of drug-likeness (QED) is 0.664. The monoisotopic (exact) mass is 199 g/mol. The highest BCUT2D eigenvalue weighted by Crippen LogP contribution is 2.17. The maximum atomic E-state index is 5.79. The summed E-state index contributed by atoms with van der Waals surface area (Å²) in [6, 6.07) is 0.696. The second-order valence-electron chi connectivity index (χ2n) is 4.82. The van der Waals surface area contributed by atoms with E-state index in [1.807, 2.05) is 0 Å². The van der Waals surface area contributed by atoms with Gasteiger partial charge in [-0.15, -0.1) is 0 Å². The van der Waals surface area contributed by atoms with Crippen molar-refractivity contribution >= 4 is 0 Å². The van der Waals surface area contributed by atoms with Gasteiger partial charge in [-0.1, -0.05) is 27.2 Å². The maximum Gasteiger partial charge on any atom is 0.0714 e. The van der Waals surface area contributed by atoms with E-state index in [0.29, 0.717) is 12.1 Å². The largest absolute Gasteiger partial charge is 0.377 e. The van der Waals surface area contributed by atoms with Crippen molar-refractivity contribution in [1.29, 1.82) is 0 Å². The Balaban J connectivity index is 2.08. The molecule has 0 radical (unpaired) electrons. The summed E-state index contributed by atoms with van der Waals surface area (Å²) >= 11 is 0. The zero-order valence-corrected chi connectivity index (χ0v) is 9.88. The standard InChI is InChI=1S/C12H25NO/c1-4-5-6-14-12-8-11(13-9-12)7-10(2)3/h10-13H,4-9H2,1-3H3/t11-,12+/m0/s1. The molecule has 1 rings (SSSR count). The number of ether oxygens (including phenoxy) is 1. The lowest BCUT2D eigenvalue weighted by Gasteiger charge is -2.13. The van der Waals surface area contributed by atoms with Gasteiger partial charge in [-0.05, 0) is 25.2 Å². The van der Waals surface area contributed by atoms with Gasteiger partial charge in [0.2, 0.25) is 0 Å². The number of hydrogen-bond donors (Lipinski definition) is 1. The first-order valence-corrected chi connectivity index (χ1v) is 6.07. The summed E-state index contributed by atoms with van der Waals surface area (Å²) in [5, 5.41) is 3.54. The third-order valence-electron chi connectivity index (χ3n) is 2.79. The molecular formula is C12H25NO. The Bertz CT molecular complexity index is 147. The summed E-state index contributed by atoms with van der Waals surface area (Å²) in [6.07, 6.45) is 5.40. The molecule has 1 fully saturated rings. The van der Waals surface area contributed by atoms with Crippen LogP contribution < -0.4 is 5.32 Å². The lowest BCUT2D eigenvalue weighted by atomic mass is 10.0. The van der Waals surface area contributed by atoms with Crippen LogP contribution in [0.3, 0.4) is 0 Å². The summed E-state index contributed by atoms with van der Waals surface area (Å²) in [7, 11) is 0. The van der Waals surface area contributed by atoms with Crippen molar-refractivity contribution < 1.29 is 4.74 Å².